The summed E-state index contributed by atoms with van der Waals surface area (Å²) >= 11 is 0. The van der Waals surface area contributed by atoms with E-state index in [0.717, 1.165) is 33.5 Å². The fourth-order valence-electron chi connectivity index (χ4n) is 3.15. The van der Waals surface area contributed by atoms with Gasteiger partial charge in [0, 0.05) is 24.5 Å². The smallest absolute Gasteiger partial charge is 0.323 e. The van der Waals surface area contributed by atoms with Crippen molar-refractivity contribution in [3.63, 3.8) is 0 Å². The van der Waals surface area contributed by atoms with E-state index < -0.39 is 0 Å². The number of aromatic amines is 2. The van der Waals surface area contributed by atoms with Crippen LogP contribution in [0.2, 0.25) is 0 Å². The molecule has 0 aliphatic carbocycles. The van der Waals surface area contributed by atoms with Crippen molar-refractivity contribution in [3.8, 4) is 16.9 Å². The van der Waals surface area contributed by atoms with E-state index in [1.165, 1.54) is 0 Å². The molecule has 0 atom stereocenters. The summed E-state index contributed by atoms with van der Waals surface area (Å²) in [5.41, 5.74) is 5.05. The Kier molecular flexibility index (Phi) is 4.14. The SMILES string of the molecule is O=c1[nH]c2ccc(CNc3nccc(-c4cnn(-c5ccccc5)c4)n3)cc2[nH]1. The van der Waals surface area contributed by atoms with E-state index in [4.69, 9.17) is 0 Å². The summed E-state index contributed by atoms with van der Waals surface area (Å²) in [6.45, 7) is 0.538. The normalized spacial score (nSPS) is 11.0. The maximum Gasteiger partial charge on any atom is 0.323 e. The first kappa shape index (κ1) is 16.9. The molecule has 8 nitrogen and oxygen atoms in total. The van der Waals surface area contributed by atoms with Crippen molar-refractivity contribution in [2.24, 2.45) is 0 Å². The molecule has 0 saturated heterocycles. The summed E-state index contributed by atoms with van der Waals surface area (Å²) in [4.78, 5) is 25.8. The molecule has 5 rings (SSSR count). The van der Waals surface area contributed by atoms with Gasteiger partial charge in [0.2, 0.25) is 5.95 Å². The number of hydrogen-bond acceptors (Lipinski definition) is 5. The molecule has 8 heteroatoms. The van der Waals surface area contributed by atoms with Gasteiger partial charge in [-0.25, -0.2) is 19.4 Å². The average molecular weight is 383 g/mol. The fourth-order valence-corrected chi connectivity index (χ4v) is 3.15. The first-order valence-corrected chi connectivity index (χ1v) is 9.13. The number of hydrogen-bond donors (Lipinski definition) is 3. The van der Waals surface area contributed by atoms with Gasteiger partial charge in [-0.2, -0.15) is 5.10 Å². The summed E-state index contributed by atoms with van der Waals surface area (Å²) in [6.07, 6.45) is 5.45. The molecule has 0 radical (unpaired) electrons. The highest BCUT2D eigenvalue weighted by molar-refractivity contribution is 5.75. The van der Waals surface area contributed by atoms with Gasteiger partial charge in [-0.3, -0.25) is 0 Å². The fraction of sp³-hybridized carbons (Fsp3) is 0.0476. The Labute approximate surface area is 165 Å². The second kappa shape index (κ2) is 7.08. The molecule has 0 amide bonds. The highest BCUT2D eigenvalue weighted by Gasteiger charge is 2.07. The minimum Gasteiger partial charge on any atom is -0.350 e. The number of rotatable bonds is 5. The maximum atomic E-state index is 11.4. The van der Waals surface area contributed by atoms with Crippen molar-refractivity contribution < 1.29 is 0 Å². The van der Waals surface area contributed by atoms with Gasteiger partial charge in [0.15, 0.2) is 0 Å². The molecule has 3 heterocycles. The van der Waals surface area contributed by atoms with Crippen molar-refractivity contribution in [1.29, 1.82) is 0 Å². The van der Waals surface area contributed by atoms with Gasteiger partial charge in [0.05, 0.1) is 28.6 Å². The summed E-state index contributed by atoms with van der Waals surface area (Å²) in [5, 5.41) is 7.65. The molecule has 3 N–H and O–H groups in total. The number of nitrogens with one attached hydrogen (secondary N) is 3. The zero-order chi connectivity index (χ0) is 19.6. The Morgan fingerprint density at radius 2 is 1.86 bits per heavy atom. The second-order valence-electron chi connectivity index (χ2n) is 6.59. The molecule has 0 aliphatic heterocycles. The largest absolute Gasteiger partial charge is 0.350 e. The number of fused-ring (bicyclic) bond motifs is 1. The number of H-pyrrole nitrogens is 2. The lowest BCUT2D eigenvalue weighted by atomic mass is 10.2. The molecular formula is C21H17N7O. The molecule has 0 unspecified atom stereocenters. The number of nitrogens with zero attached hydrogens (tertiary/aromatic N) is 4. The number of anilines is 1. The second-order valence-corrected chi connectivity index (χ2v) is 6.59. The van der Waals surface area contributed by atoms with Gasteiger partial charge in [0.1, 0.15) is 0 Å². The van der Waals surface area contributed by atoms with Crippen molar-refractivity contribution >= 4 is 17.0 Å². The van der Waals surface area contributed by atoms with Crippen LogP contribution in [0, 0.1) is 0 Å². The lowest BCUT2D eigenvalue weighted by Crippen LogP contribution is -2.03. The summed E-state index contributed by atoms with van der Waals surface area (Å²) in [7, 11) is 0. The van der Waals surface area contributed by atoms with Crippen LogP contribution in [0.4, 0.5) is 5.95 Å². The third kappa shape index (κ3) is 3.51. The zero-order valence-corrected chi connectivity index (χ0v) is 15.3. The molecule has 5 aromatic rings. The van der Waals surface area contributed by atoms with Crippen LogP contribution >= 0.6 is 0 Å². The van der Waals surface area contributed by atoms with Gasteiger partial charge in [0.25, 0.3) is 0 Å². The molecule has 0 spiro atoms. The minimum absolute atomic E-state index is 0.211. The molecule has 0 fully saturated rings. The number of aromatic nitrogens is 6. The third-order valence-electron chi connectivity index (χ3n) is 4.59. The first-order chi connectivity index (χ1) is 14.2. The van der Waals surface area contributed by atoms with Crippen molar-refractivity contribution in [2.75, 3.05) is 5.32 Å². The summed E-state index contributed by atoms with van der Waals surface area (Å²) in [5.74, 6) is 0.526. The topological polar surface area (TPSA) is 104 Å². The maximum absolute atomic E-state index is 11.4. The van der Waals surface area contributed by atoms with Gasteiger partial charge < -0.3 is 15.3 Å². The van der Waals surface area contributed by atoms with Crippen LogP contribution in [-0.2, 0) is 6.54 Å². The van der Waals surface area contributed by atoms with Crippen LogP contribution in [-0.4, -0.2) is 29.7 Å². The molecule has 29 heavy (non-hydrogen) atoms. The molecule has 0 aliphatic rings. The quantitative estimate of drug-likeness (QED) is 0.433. The monoisotopic (exact) mass is 383 g/mol. The third-order valence-corrected chi connectivity index (χ3v) is 4.59. The number of benzene rings is 2. The Morgan fingerprint density at radius 3 is 2.76 bits per heavy atom. The van der Waals surface area contributed by atoms with E-state index in [1.54, 1.807) is 12.4 Å². The lowest BCUT2D eigenvalue weighted by molar-refractivity contribution is 0.880. The van der Waals surface area contributed by atoms with E-state index in [-0.39, 0.29) is 5.69 Å². The van der Waals surface area contributed by atoms with E-state index >= 15 is 0 Å². The predicted octanol–water partition coefficient (Wildman–Crippen LogP) is 3.11. The van der Waals surface area contributed by atoms with Crippen LogP contribution < -0.4 is 11.0 Å². The van der Waals surface area contributed by atoms with E-state index in [0.29, 0.717) is 12.5 Å². The molecule has 0 bridgehead atoms. The Balaban J connectivity index is 1.34. The van der Waals surface area contributed by atoms with Gasteiger partial charge in [-0.15, -0.1) is 0 Å². The Bertz CT molecular complexity index is 1330. The highest BCUT2D eigenvalue weighted by atomic mass is 16.1. The standard InChI is InChI=1S/C21H17N7O/c29-21-26-18-7-6-14(10-19(18)27-21)11-23-20-22-9-8-17(25-20)15-12-24-28(13-15)16-4-2-1-3-5-16/h1-10,12-13H,11H2,(H,22,23,25)(H2,26,27,29). The van der Waals surface area contributed by atoms with Gasteiger partial charge >= 0.3 is 5.69 Å². The average Bonchev–Trinajstić information content (AvgIpc) is 3.39. The van der Waals surface area contributed by atoms with Crippen molar-refractivity contribution in [1.82, 2.24) is 29.7 Å². The Morgan fingerprint density at radius 1 is 1.00 bits per heavy atom. The Hall–Kier alpha value is -4.20. The van der Waals surface area contributed by atoms with Gasteiger partial charge in [-0.05, 0) is 35.9 Å². The molecule has 142 valence electrons. The van der Waals surface area contributed by atoms with Crippen LogP contribution in [0.3, 0.4) is 0 Å². The van der Waals surface area contributed by atoms with Gasteiger partial charge in [-0.1, -0.05) is 24.3 Å². The molecule has 3 aromatic heterocycles. The van der Waals surface area contributed by atoms with E-state index in [1.807, 2.05) is 65.5 Å². The summed E-state index contributed by atoms with van der Waals surface area (Å²) in [6, 6.07) is 17.5. The van der Waals surface area contributed by atoms with E-state index in [2.05, 4.69) is 30.4 Å². The number of imidazole rings is 1. The predicted molar refractivity (Wildman–Crippen MR) is 111 cm³/mol. The van der Waals surface area contributed by atoms with Crippen molar-refractivity contribution in [2.45, 2.75) is 6.54 Å². The lowest BCUT2D eigenvalue weighted by Gasteiger charge is -2.06. The molecule has 2 aromatic carbocycles. The zero-order valence-electron chi connectivity index (χ0n) is 15.3. The van der Waals surface area contributed by atoms with Crippen LogP contribution in [0.5, 0.6) is 0 Å². The van der Waals surface area contributed by atoms with Crippen LogP contribution in [0.15, 0.2) is 78.0 Å². The highest BCUT2D eigenvalue weighted by Crippen LogP contribution is 2.19. The molecular weight excluding hydrogens is 366 g/mol. The van der Waals surface area contributed by atoms with Crippen LogP contribution in [0.1, 0.15) is 5.56 Å². The first-order valence-electron chi connectivity index (χ1n) is 9.13. The summed E-state index contributed by atoms with van der Waals surface area (Å²) < 4.78 is 1.82. The van der Waals surface area contributed by atoms with Crippen molar-refractivity contribution in [3.05, 3.63) is 89.2 Å². The number of para-hydroxylation sites is 1. The minimum atomic E-state index is -0.211. The van der Waals surface area contributed by atoms with Crippen LogP contribution in [0.25, 0.3) is 28.0 Å². The molecule has 0 saturated carbocycles. The van der Waals surface area contributed by atoms with E-state index in [9.17, 15) is 4.79 Å².